The van der Waals surface area contributed by atoms with Crippen LogP contribution in [0.4, 0.5) is 0 Å². The molecule has 1 unspecified atom stereocenters. The molecule has 15 atom stereocenters. The normalized spacial score (nSPS) is 49.0. The highest BCUT2D eigenvalue weighted by Gasteiger charge is 2.53. The van der Waals surface area contributed by atoms with E-state index in [0.29, 0.717) is 0 Å². The first-order valence-corrected chi connectivity index (χ1v) is 11.6. The van der Waals surface area contributed by atoms with Crippen LogP contribution in [0.2, 0.25) is 0 Å². The fourth-order valence-corrected chi connectivity index (χ4v) is 4.45. The summed E-state index contributed by atoms with van der Waals surface area (Å²) in [6.07, 6.45) is -23.5. The zero-order valence-corrected chi connectivity index (χ0v) is 19.7. The van der Waals surface area contributed by atoms with E-state index in [1.54, 1.807) is 0 Å². The molecule has 0 aromatic heterocycles. The molecule has 3 aliphatic rings. The van der Waals surface area contributed by atoms with E-state index in [4.69, 9.17) is 23.7 Å². The molecular formula is C20H35NO16. The predicted octanol–water partition coefficient (Wildman–Crippen LogP) is -7.43. The Morgan fingerprint density at radius 2 is 1.11 bits per heavy atom. The highest BCUT2D eigenvalue weighted by atomic mass is 16.7. The molecule has 0 saturated carbocycles. The molecule has 17 nitrogen and oxygen atoms in total. The van der Waals surface area contributed by atoms with Crippen LogP contribution in [-0.2, 0) is 28.5 Å². The first-order valence-electron chi connectivity index (χ1n) is 11.6. The van der Waals surface area contributed by atoms with Crippen LogP contribution in [-0.4, -0.2) is 169 Å². The molecule has 17 heteroatoms. The zero-order chi connectivity index (χ0) is 27.6. The Morgan fingerprint density at radius 1 is 0.649 bits per heavy atom. The summed E-state index contributed by atoms with van der Waals surface area (Å²) in [5.74, 6) is -0.645. The fourth-order valence-electron chi connectivity index (χ4n) is 4.45. The molecule has 37 heavy (non-hydrogen) atoms. The van der Waals surface area contributed by atoms with Gasteiger partial charge in [-0.1, -0.05) is 0 Å². The van der Waals surface area contributed by atoms with Crippen molar-refractivity contribution in [2.75, 3.05) is 19.8 Å². The highest BCUT2D eigenvalue weighted by molar-refractivity contribution is 5.73. The van der Waals surface area contributed by atoms with Gasteiger partial charge in [0, 0.05) is 6.92 Å². The molecule has 0 spiro atoms. The van der Waals surface area contributed by atoms with Gasteiger partial charge in [-0.25, -0.2) is 0 Å². The quantitative estimate of drug-likeness (QED) is 0.135. The van der Waals surface area contributed by atoms with Crippen molar-refractivity contribution in [1.29, 1.82) is 0 Å². The SMILES string of the molecule is CC(=O)N[C@H]1C(O)O[C@H](CO)[C@@H](O)[C@@H]1O[C@@H]1O[C@H](CO)[C@H](O)[C@H](O[C@H]2O[C@H](CO)[C@H](O)[C@H](O)[C@H]2O)[C@H]1O. The molecule has 0 aromatic carbocycles. The van der Waals surface area contributed by atoms with Gasteiger partial charge < -0.3 is 80.1 Å². The number of hydrogen-bond acceptors (Lipinski definition) is 16. The van der Waals surface area contributed by atoms with Crippen molar-refractivity contribution in [2.45, 2.75) is 99.0 Å². The second-order valence-electron chi connectivity index (χ2n) is 9.07. The lowest BCUT2D eigenvalue weighted by Gasteiger charge is -2.48. The van der Waals surface area contributed by atoms with Crippen molar-refractivity contribution in [1.82, 2.24) is 5.32 Å². The number of carbonyl (C=O) groups is 1. The van der Waals surface area contributed by atoms with Gasteiger partial charge in [0.25, 0.3) is 0 Å². The summed E-state index contributed by atoms with van der Waals surface area (Å²) < 4.78 is 26.9. The lowest BCUT2D eigenvalue weighted by molar-refractivity contribution is -0.373. The third-order valence-corrected chi connectivity index (χ3v) is 6.50. The molecule has 3 fully saturated rings. The molecule has 3 rings (SSSR count). The summed E-state index contributed by atoms with van der Waals surface area (Å²) in [7, 11) is 0. The van der Waals surface area contributed by atoms with Gasteiger partial charge in [-0.2, -0.15) is 0 Å². The minimum atomic E-state index is -1.93. The Morgan fingerprint density at radius 3 is 1.65 bits per heavy atom. The predicted molar refractivity (Wildman–Crippen MR) is 113 cm³/mol. The molecular weight excluding hydrogens is 510 g/mol. The van der Waals surface area contributed by atoms with E-state index in [1.807, 2.05) is 0 Å². The number of aliphatic hydroxyl groups is 10. The molecule has 3 aliphatic heterocycles. The molecule has 0 aliphatic carbocycles. The third-order valence-electron chi connectivity index (χ3n) is 6.50. The van der Waals surface area contributed by atoms with E-state index < -0.39 is 118 Å². The zero-order valence-electron chi connectivity index (χ0n) is 19.7. The van der Waals surface area contributed by atoms with Crippen LogP contribution < -0.4 is 5.32 Å². The van der Waals surface area contributed by atoms with Crippen molar-refractivity contribution in [3.05, 3.63) is 0 Å². The van der Waals surface area contributed by atoms with Crippen molar-refractivity contribution in [3.63, 3.8) is 0 Å². The number of rotatable bonds is 8. The average molecular weight is 545 g/mol. The van der Waals surface area contributed by atoms with E-state index in [0.717, 1.165) is 6.92 Å². The van der Waals surface area contributed by atoms with Gasteiger partial charge in [-0.15, -0.1) is 0 Å². The van der Waals surface area contributed by atoms with Gasteiger partial charge in [0.05, 0.1) is 19.8 Å². The van der Waals surface area contributed by atoms with Crippen LogP contribution in [0.3, 0.4) is 0 Å². The second-order valence-corrected chi connectivity index (χ2v) is 9.07. The minimum Gasteiger partial charge on any atom is -0.394 e. The first-order chi connectivity index (χ1) is 17.4. The van der Waals surface area contributed by atoms with Crippen molar-refractivity contribution in [3.8, 4) is 0 Å². The van der Waals surface area contributed by atoms with Gasteiger partial charge in [0.2, 0.25) is 5.91 Å². The van der Waals surface area contributed by atoms with E-state index in [9.17, 15) is 55.9 Å². The standard InChI is InChI=1S/C20H35NO16/c1-5(25)21-9-16(11(27)7(3-23)33-18(9)32)36-20-15(31)17(12(28)8(4-24)35-20)37-19-14(30)13(29)10(26)6(2-22)34-19/h6-20,22-24,26-32H,2-4H2,1H3,(H,21,25)/t6-,7-,8-,9-,10+,11-,12+,13+,14-,15-,16-,17+,18?,19-,20+/m1/s1. The lowest BCUT2D eigenvalue weighted by atomic mass is 9.95. The maximum absolute atomic E-state index is 11.6. The molecule has 11 N–H and O–H groups in total. The summed E-state index contributed by atoms with van der Waals surface area (Å²) in [4.78, 5) is 11.6. The molecule has 0 bridgehead atoms. The van der Waals surface area contributed by atoms with Crippen LogP contribution >= 0.6 is 0 Å². The number of nitrogens with one attached hydrogen (secondary N) is 1. The Kier molecular flexibility index (Phi) is 10.5. The average Bonchev–Trinajstić information content (AvgIpc) is 2.86. The minimum absolute atomic E-state index is 0.645. The van der Waals surface area contributed by atoms with Crippen LogP contribution in [0.1, 0.15) is 6.92 Å². The Hall–Kier alpha value is -1.13. The molecule has 3 heterocycles. The van der Waals surface area contributed by atoms with Gasteiger partial charge in [0.15, 0.2) is 18.9 Å². The number of aliphatic hydroxyl groups excluding tert-OH is 10. The van der Waals surface area contributed by atoms with Crippen LogP contribution in [0.5, 0.6) is 0 Å². The number of carbonyl (C=O) groups excluding carboxylic acids is 1. The van der Waals surface area contributed by atoms with E-state index in [1.165, 1.54) is 0 Å². The first kappa shape index (κ1) is 30.4. The summed E-state index contributed by atoms with van der Waals surface area (Å²) in [5, 5.41) is 103. The molecule has 0 radical (unpaired) electrons. The molecule has 0 aromatic rings. The summed E-state index contributed by atoms with van der Waals surface area (Å²) in [5.41, 5.74) is 0. The van der Waals surface area contributed by atoms with E-state index in [2.05, 4.69) is 5.32 Å². The monoisotopic (exact) mass is 545 g/mol. The van der Waals surface area contributed by atoms with Crippen LogP contribution in [0, 0.1) is 0 Å². The molecule has 3 saturated heterocycles. The lowest BCUT2D eigenvalue weighted by Crippen LogP contribution is -2.68. The second kappa shape index (κ2) is 12.8. The maximum Gasteiger partial charge on any atom is 0.217 e. The van der Waals surface area contributed by atoms with Gasteiger partial charge in [-0.3, -0.25) is 4.79 Å². The van der Waals surface area contributed by atoms with Crippen LogP contribution in [0.15, 0.2) is 0 Å². The van der Waals surface area contributed by atoms with Crippen molar-refractivity contribution >= 4 is 5.91 Å². The van der Waals surface area contributed by atoms with Gasteiger partial charge in [-0.05, 0) is 0 Å². The summed E-state index contributed by atoms with van der Waals surface area (Å²) in [6, 6.07) is -1.41. The highest BCUT2D eigenvalue weighted by Crippen LogP contribution is 2.32. The van der Waals surface area contributed by atoms with Crippen molar-refractivity contribution < 1.29 is 79.5 Å². The third kappa shape index (κ3) is 6.38. The summed E-state index contributed by atoms with van der Waals surface area (Å²) in [6.45, 7) is -1.23. The van der Waals surface area contributed by atoms with Crippen LogP contribution in [0.25, 0.3) is 0 Å². The number of ether oxygens (including phenoxy) is 5. The fraction of sp³-hybridized carbons (Fsp3) is 0.950. The molecule has 216 valence electrons. The maximum atomic E-state index is 11.6. The van der Waals surface area contributed by atoms with E-state index in [-0.39, 0.29) is 0 Å². The number of amides is 1. The van der Waals surface area contributed by atoms with E-state index >= 15 is 0 Å². The smallest absolute Gasteiger partial charge is 0.217 e. The number of hydrogen-bond donors (Lipinski definition) is 11. The Labute approximate surface area is 210 Å². The Balaban J connectivity index is 1.83. The largest absolute Gasteiger partial charge is 0.394 e. The van der Waals surface area contributed by atoms with Gasteiger partial charge >= 0.3 is 0 Å². The van der Waals surface area contributed by atoms with Crippen molar-refractivity contribution in [2.24, 2.45) is 0 Å². The van der Waals surface area contributed by atoms with Gasteiger partial charge in [0.1, 0.15) is 73.2 Å². The molecule has 1 amide bonds. The Bertz CT molecular complexity index is 745. The topological polar surface area (TPSA) is 278 Å². The summed E-state index contributed by atoms with van der Waals surface area (Å²) >= 11 is 0.